The normalized spacial score (nSPS) is 16.2. The Morgan fingerprint density at radius 2 is 1.84 bits per heavy atom. The molecule has 1 saturated heterocycles. The van der Waals surface area contributed by atoms with E-state index in [1.807, 2.05) is 18.5 Å². The van der Waals surface area contributed by atoms with Crippen molar-refractivity contribution in [1.82, 2.24) is 14.7 Å². The second-order valence-electron chi connectivity index (χ2n) is 6.97. The van der Waals surface area contributed by atoms with Gasteiger partial charge < -0.3 is 14.4 Å². The Morgan fingerprint density at radius 3 is 2.44 bits per heavy atom. The van der Waals surface area contributed by atoms with Gasteiger partial charge in [-0.15, -0.1) is 0 Å². The van der Waals surface area contributed by atoms with E-state index in [-0.39, 0.29) is 12.3 Å². The van der Waals surface area contributed by atoms with Crippen LogP contribution in [0, 0.1) is 19.8 Å². The number of aromatic nitrogens is 2. The predicted octanol–water partition coefficient (Wildman–Crippen LogP) is 1.49. The third-order valence-electron chi connectivity index (χ3n) is 4.37. The van der Waals surface area contributed by atoms with Crippen LogP contribution in [-0.2, 0) is 32.0 Å². The molecular formula is C18H29N3O4. The van der Waals surface area contributed by atoms with Crippen LogP contribution < -0.4 is 0 Å². The summed E-state index contributed by atoms with van der Waals surface area (Å²) in [7, 11) is 0. The van der Waals surface area contributed by atoms with E-state index in [9.17, 15) is 9.59 Å². The summed E-state index contributed by atoms with van der Waals surface area (Å²) in [5.74, 6) is -0.0889. The molecule has 0 saturated carbocycles. The van der Waals surface area contributed by atoms with Crippen molar-refractivity contribution in [3.63, 3.8) is 0 Å². The average molecular weight is 351 g/mol. The Bertz CT molecular complexity index is 618. The summed E-state index contributed by atoms with van der Waals surface area (Å²) in [6, 6.07) is 0. The van der Waals surface area contributed by atoms with Crippen molar-refractivity contribution in [3.05, 3.63) is 17.0 Å². The number of carbonyl (C=O) groups excluding carboxylic acids is 2. The van der Waals surface area contributed by atoms with Crippen LogP contribution in [0.1, 0.15) is 37.7 Å². The minimum absolute atomic E-state index is 0.135. The number of morpholine rings is 1. The zero-order valence-electron chi connectivity index (χ0n) is 15.9. The van der Waals surface area contributed by atoms with Gasteiger partial charge in [-0.3, -0.25) is 14.3 Å². The first-order valence-electron chi connectivity index (χ1n) is 8.88. The maximum absolute atomic E-state index is 12.3. The highest BCUT2D eigenvalue weighted by atomic mass is 16.5. The Labute approximate surface area is 149 Å². The molecule has 2 heterocycles. The minimum atomic E-state index is -0.781. The summed E-state index contributed by atoms with van der Waals surface area (Å²) in [4.78, 5) is 26.3. The maximum atomic E-state index is 12.3. The molecule has 1 aromatic rings. The molecule has 0 N–H and O–H groups in total. The van der Waals surface area contributed by atoms with Crippen LogP contribution in [-0.4, -0.2) is 59.0 Å². The summed E-state index contributed by atoms with van der Waals surface area (Å²) in [5.41, 5.74) is 2.70. The van der Waals surface area contributed by atoms with Crippen LogP contribution in [0.5, 0.6) is 0 Å². The number of carbonyl (C=O) groups is 2. The van der Waals surface area contributed by atoms with Gasteiger partial charge in [0.1, 0.15) is 0 Å². The number of ether oxygens (including phenoxy) is 2. The average Bonchev–Trinajstić information content (AvgIpc) is 2.81. The number of esters is 1. The number of rotatable bonds is 6. The van der Waals surface area contributed by atoms with Gasteiger partial charge in [-0.05, 0) is 26.7 Å². The third-order valence-corrected chi connectivity index (χ3v) is 4.37. The first-order chi connectivity index (χ1) is 11.8. The summed E-state index contributed by atoms with van der Waals surface area (Å²) in [6.45, 7) is 12.7. The molecule has 1 aliphatic rings. The van der Waals surface area contributed by atoms with Crippen molar-refractivity contribution in [2.75, 3.05) is 26.3 Å². The largest absolute Gasteiger partial charge is 0.452 e. The number of hydrogen-bond acceptors (Lipinski definition) is 5. The highest BCUT2D eigenvalue weighted by molar-refractivity contribution is 5.84. The summed E-state index contributed by atoms with van der Waals surface area (Å²) < 4.78 is 12.5. The molecule has 0 aliphatic carbocycles. The molecule has 1 fully saturated rings. The van der Waals surface area contributed by atoms with Crippen LogP contribution in [0.2, 0.25) is 0 Å². The van der Waals surface area contributed by atoms with Crippen molar-refractivity contribution in [2.45, 2.75) is 53.7 Å². The number of nitrogens with zero attached hydrogens (tertiary/aromatic N) is 3. The second kappa shape index (κ2) is 8.47. The van der Waals surface area contributed by atoms with Crippen LogP contribution in [0.4, 0.5) is 0 Å². The molecule has 7 nitrogen and oxygen atoms in total. The molecule has 7 heteroatoms. The van der Waals surface area contributed by atoms with Gasteiger partial charge in [-0.1, -0.05) is 13.8 Å². The minimum Gasteiger partial charge on any atom is -0.452 e. The van der Waals surface area contributed by atoms with Crippen LogP contribution >= 0.6 is 0 Å². The van der Waals surface area contributed by atoms with E-state index in [4.69, 9.17) is 9.47 Å². The highest BCUT2D eigenvalue weighted by Crippen LogP contribution is 2.16. The molecule has 2 rings (SSSR count). The lowest BCUT2D eigenvalue weighted by Gasteiger charge is -2.28. The monoisotopic (exact) mass is 351 g/mol. The lowest BCUT2D eigenvalue weighted by Crippen LogP contribution is -2.46. The molecule has 0 radical (unpaired) electrons. The molecule has 0 aromatic carbocycles. The fourth-order valence-electron chi connectivity index (χ4n) is 2.99. The maximum Gasteiger partial charge on any atom is 0.311 e. The molecule has 1 amide bonds. The molecular weight excluding hydrogens is 322 g/mol. The summed E-state index contributed by atoms with van der Waals surface area (Å²) >= 11 is 0. The van der Waals surface area contributed by atoms with Gasteiger partial charge in [0.25, 0.3) is 5.91 Å². The molecule has 0 spiro atoms. The molecule has 1 unspecified atom stereocenters. The van der Waals surface area contributed by atoms with E-state index >= 15 is 0 Å². The number of hydrogen-bond donors (Lipinski definition) is 0. The van der Waals surface area contributed by atoms with Gasteiger partial charge in [0.05, 0.1) is 25.3 Å². The smallest absolute Gasteiger partial charge is 0.311 e. The van der Waals surface area contributed by atoms with E-state index in [0.717, 1.165) is 23.5 Å². The van der Waals surface area contributed by atoms with E-state index in [2.05, 4.69) is 18.9 Å². The number of aryl methyl sites for hydroxylation is 1. The van der Waals surface area contributed by atoms with E-state index in [1.54, 1.807) is 11.8 Å². The lowest BCUT2D eigenvalue weighted by molar-refractivity contribution is -0.160. The Morgan fingerprint density at radius 1 is 1.20 bits per heavy atom. The highest BCUT2D eigenvalue weighted by Gasteiger charge is 2.26. The fraction of sp³-hybridized carbons (Fsp3) is 0.722. The molecule has 140 valence electrons. The van der Waals surface area contributed by atoms with Gasteiger partial charge in [0, 0.05) is 30.9 Å². The standard InChI is InChI=1S/C18H29N3O4/c1-12(2)11-21-14(4)16(13(3)19-21)10-17(22)25-15(5)18(23)20-6-8-24-9-7-20/h12,15H,6-11H2,1-5H3. The lowest BCUT2D eigenvalue weighted by atomic mass is 10.1. The quantitative estimate of drug-likeness (QED) is 0.726. The van der Waals surface area contributed by atoms with Gasteiger partial charge >= 0.3 is 5.97 Å². The van der Waals surface area contributed by atoms with Crippen LogP contribution in [0.15, 0.2) is 0 Å². The topological polar surface area (TPSA) is 73.7 Å². The second-order valence-corrected chi connectivity index (χ2v) is 6.97. The van der Waals surface area contributed by atoms with E-state index < -0.39 is 12.1 Å². The first-order valence-corrected chi connectivity index (χ1v) is 8.88. The van der Waals surface area contributed by atoms with Crippen molar-refractivity contribution in [1.29, 1.82) is 0 Å². The van der Waals surface area contributed by atoms with Gasteiger partial charge in [0.2, 0.25) is 0 Å². The number of amides is 1. The van der Waals surface area contributed by atoms with Gasteiger partial charge in [-0.25, -0.2) is 0 Å². The van der Waals surface area contributed by atoms with Crippen LogP contribution in [0.3, 0.4) is 0 Å². The van der Waals surface area contributed by atoms with Crippen LogP contribution in [0.25, 0.3) is 0 Å². The van der Waals surface area contributed by atoms with Crippen molar-refractivity contribution in [3.8, 4) is 0 Å². The van der Waals surface area contributed by atoms with Gasteiger partial charge in [-0.2, -0.15) is 5.10 Å². The SMILES string of the molecule is Cc1nn(CC(C)C)c(C)c1CC(=O)OC(C)C(=O)N1CCOCC1. The zero-order valence-corrected chi connectivity index (χ0v) is 15.9. The molecule has 0 bridgehead atoms. The third kappa shape index (κ3) is 5.04. The Balaban J connectivity index is 1.95. The van der Waals surface area contributed by atoms with E-state index in [1.165, 1.54) is 0 Å². The van der Waals surface area contributed by atoms with Crippen molar-refractivity contribution >= 4 is 11.9 Å². The fourth-order valence-corrected chi connectivity index (χ4v) is 2.99. The van der Waals surface area contributed by atoms with Crippen molar-refractivity contribution in [2.24, 2.45) is 5.92 Å². The molecule has 1 atom stereocenters. The first kappa shape index (κ1) is 19.4. The van der Waals surface area contributed by atoms with Gasteiger partial charge in [0.15, 0.2) is 6.10 Å². The molecule has 1 aliphatic heterocycles. The summed E-state index contributed by atoms with van der Waals surface area (Å²) in [6.07, 6.45) is -0.645. The summed E-state index contributed by atoms with van der Waals surface area (Å²) in [5, 5.41) is 4.51. The Hall–Kier alpha value is -1.89. The zero-order chi connectivity index (χ0) is 18.6. The molecule has 25 heavy (non-hydrogen) atoms. The van der Waals surface area contributed by atoms with E-state index in [0.29, 0.717) is 32.2 Å². The van der Waals surface area contributed by atoms with Crippen molar-refractivity contribution < 1.29 is 19.1 Å². The Kier molecular flexibility index (Phi) is 6.58. The predicted molar refractivity (Wildman–Crippen MR) is 93.2 cm³/mol. The molecule has 1 aromatic heterocycles.